The van der Waals surface area contributed by atoms with Gasteiger partial charge < -0.3 is 4.74 Å². The molecule has 19 heavy (non-hydrogen) atoms. The van der Waals surface area contributed by atoms with Crippen LogP contribution in [0.4, 0.5) is 0 Å². The fourth-order valence-electron chi connectivity index (χ4n) is 2.61. The SMILES string of the molecule is CCOc1c(C)ccc2cc3ccc(C)cc3cc12. The first kappa shape index (κ1) is 12.0. The molecular weight excluding hydrogens is 232 g/mol. The van der Waals surface area contributed by atoms with Crippen LogP contribution in [0.15, 0.2) is 42.5 Å². The molecule has 0 amide bonds. The van der Waals surface area contributed by atoms with Crippen molar-refractivity contribution < 1.29 is 4.74 Å². The summed E-state index contributed by atoms with van der Waals surface area (Å²) in [6.07, 6.45) is 0. The lowest BCUT2D eigenvalue weighted by Crippen LogP contribution is -1.95. The van der Waals surface area contributed by atoms with Gasteiger partial charge in [0.2, 0.25) is 0 Å². The lowest BCUT2D eigenvalue weighted by atomic mass is 10.00. The molecule has 0 atom stereocenters. The average molecular weight is 250 g/mol. The number of hydrogen-bond acceptors (Lipinski definition) is 1. The minimum atomic E-state index is 0.700. The molecule has 96 valence electrons. The topological polar surface area (TPSA) is 9.23 Å². The van der Waals surface area contributed by atoms with E-state index >= 15 is 0 Å². The van der Waals surface area contributed by atoms with E-state index in [1.54, 1.807) is 0 Å². The maximum absolute atomic E-state index is 5.83. The second kappa shape index (κ2) is 4.58. The number of benzene rings is 3. The predicted octanol–water partition coefficient (Wildman–Crippen LogP) is 5.01. The van der Waals surface area contributed by atoms with Crippen LogP contribution in [-0.4, -0.2) is 6.61 Å². The van der Waals surface area contributed by atoms with Crippen molar-refractivity contribution in [2.24, 2.45) is 0 Å². The molecule has 0 bridgehead atoms. The van der Waals surface area contributed by atoms with Crippen molar-refractivity contribution in [3.63, 3.8) is 0 Å². The molecule has 0 aliphatic carbocycles. The van der Waals surface area contributed by atoms with Crippen LogP contribution < -0.4 is 4.74 Å². The van der Waals surface area contributed by atoms with Crippen molar-refractivity contribution in [1.82, 2.24) is 0 Å². The van der Waals surface area contributed by atoms with Crippen LogP contribution in [0.5, 0.6) is 5.75 Å². The molecule has 3 aromatic carbocycles. The first-order valence-electron chi connectivity index (χ1n) is 6.75. The summed E-state index contributed by atoms with van der Waals surface area (Å²) in [5.74, 6) is 1.02. The first-order valence-corrected chi connectivity index (χ1v) is 6.75. The quantitative estimate of drug-likeness (QED) is 0.581. The summed E-state index contributed by atoms with van der Waals surface area (Å²) < 4.78 is 5.83. The van der Waals surface area contributed by atoms with Gasteiger partial charge in [-0.15, -0.1) is 0 Å². The zero-order chi connectivity index (χ0) is 13.4. The minimum absolute atomic E-state index is 0.700. The molecule has 0 saturated carbocycles. The maximum atomic E-state index is 5.83. The second-order valence-electron chi connectivity index (χ2n) is 5.07. The Labute approximate surface area is 113 Å². The van der Waals surface area contributed by atoms with E-state index in [4.69, 9.17) is 4.74 Å². The van der Waals surface area contributed by atoms with Crippen molar-refractivity contribution in [2.45, 2.75) is 20.8 Å². The van der Waals surface area contributed by atoms with Gasteiger partial charge in [-0.1, -0.05) is 35.9 Å². The Morgan fingerprint density at radius 1 is 0.842 bits per heavy atom. The minimum Gasteiger partial charge on any atom is -0.493 e. The largest absolute Gasteiger partial charge is 0.493 e. The lowest BCUT2D eigenvalue weighted by molar-refractivity contribution is 0.342. The van der Waals surface area contributed by atoms with E-state index in [9.17, 15) is 0 Å². The van der Waals surface area contributed by atoms with Gasteiger partial charge in [-0.2, -0.15) is 0 Å². The lowest BCUT2D eigenvalue weighted by Gasteiger charge is -2.12. The summed E-state index contributed by atoms with van der Waals surface area (Å²) in [7, 11) is 0. The van der Waals surface area contributed by atoms with E-state index < -0.39 is 0 Å². The number of aryl methyl sites for hydroxylation is 2. The van der Waals surface area contributed by atoms with Gasteiger partial charge in [0.1, 0.15) is 5.75 Å². The molecule has 1 nitrogen and oxygen atoms in total. The van der Waals surface area contributed by atoms with Gasteiger partial charge in [-0.05, 0) is 54.6 Å². The van der Waals surface area contributed by atoms with Crippen molar-refractivity contribution in [2.75, 3.05) is 6.61 Å². The number of ether oxygens (including phenoxy) is 1. The zero-order valence-electron chi connectivity index (χ0n) is 11.7. The predicted molar refractivity (Wildman–Crippen MR) is 82.1 cm³/mol. The van der Waals surface area contributed by atoms with E-state index in [2.05, 4.69) is 56.3 Å². The highest BCUT2D eigenvalue weighted by atomic mass is 16.5. The summed E-state index contributed by atoms with van der Waals surface area (Å²) in [6, 6.07) is 15.4. The molecule has 0 heterocycles. The smallest absolute Gasteiger partial charge is 0.130 e. The maximum Gasteiger partial charge on any atom is 0.130 e. The van der Waals surface area contributed by atoms with Crippen LogP contribution in [0.1, 0.15) is 18.1 Å². The van der Waals surface area contributed by atoms with Crippen LogP contribution in [0.2, 0.25) is 0 Å². The van der Waals surface area contributed by atoms with Gasteiger partial charge in [-0.25, -0.2) is 0 Å². The summed E-state index contributed by atoms with van der Waals surface area (Å²) >= 11 is 0. The van der Waals surface area contributed by atoms with E-state index in [0.717, 1.165) is 5.75 Å². The Bertz CT molecular complexity index is 756. The third-order valence-corrected chi connectivity index (χ3v) is 3.57. The highest BCUT2D eigenvalue weighted by molar-refractivity contribution is 6.01. The van der Waals surface area contributed by atoms with Crippen LogP contribution >= 0.6 is 0 Å². The Hall–Kier alpha value is -2.02. The van der Waals surface area contributed by atoms with Gasteiger partial charge in [-0.3, -0.25) is 0 Å². The van der Waals surface area contributed by atoms with Gasteiger partial charge in [0.05, 0.1) is 6.61 Å². The molecule has 3 rings (SSSR count). The number of rotatable bonds is 2. The molecule has 0 saturated heterocycles. The molecule has 1 heteroatoms. The fourth-order valence-corrected chi connectivity index (χ4v) is 2.61. The Kier molecular flexibility index (Phi) is 2.90. The summed E-state index contributed by atoms with van der Waals surface area (Å²) in [6.45, 7) is 6.96. The summed E-state index contributed by atoms with van der Waals surface area (Å²) in [5.41, 5.74) is 2.49. The second-order valence-corrected chi connectivity index (χ2v) is 5.07. The number of fused-ring (bicyclic) bond motifs is 2. The molecule has 0 unspecified atom stereocenters. The first-order chi connectivity index (χ1) is 9.19. The highest BCUT2D eigenvalue weighted by Gasteiger charge is 2.07. The van der Waals surface area contributed by atoms with E-state index in [0.29, 0.717) is 6.61 Å². The third-order valence-electron chi connectivity index (χ3n) is 3.57. The Morgan fingerprint density at radius 3 is 2.42 bits per heavy atom. The average Bonchev–Trinajstić information content (AvgIpc) is 2.40. The van der Waals surface area contributed by atoms with Crippen LogP contribution in [-0.2, 0) is 0 Å². The fraction of sp³-hybridized carbons (Fsp3) is 0.222. The van der Waals surface area contributed by atoms with Crippen LogP contribution in [0, 0.1) is 13.8 Å². The Balaban J connectivity index is 2.38. The highest BCUT2D eigenvalue weighted by Crippen LogP contribution is 2.33. The Morgan fingerprint density at radius 2 is 1.63 bits per heavy atom. The monoisotopic (exact) mass is 250 g/mol. The van der Waals surface area contributed by atoms with E-state index in [-0.39, 0.29) is 0 Å². The molecule has 0 aliphatic rings. The van der Waals surface area contributed by atoms with Crippen molar-refractivity contribution in [3.05, 3.63) is 53.6 Å². The number of hydrogen-bond donors (Lipinski definition) is 0. The van der Waals surface area contributed by atoms with Crippen LogP contribution in [0.3, 0.4) is 0 Å². The standard InChI is InChI=1S/C18H18O/c1-4-19-18-13(3)6-8-15-10-14-7-5-12(2)9-16(14)11-17(15)18/h5-11H,4H2,1-3H3. The molecule has 0 radical (unpaired) electrons. The summed E-state index contributed by atoms with van der Waals surface area (Å²) in [4.78, 5) is 0. The van der Waals surface area contributed by atoms with Crippen molar-refractivity contribution in [3.8, 4) is 5.75 Å². The van der Waals surface area contributed by atoms with E-state index in [1.807, 2.05) is 6.92 Å². The van der Waals surface area contributed by atoms with E-state index in [1.165, 1.54) is 32.7 Å². The molecule has 0 spiro atoms. The van der Waals surface area contributed by atoms with Gasteiger partial charge in [0, 0.05) is 5.39 Å². The zero-order valence-corrected chi connectivity index (χ0v) is 11.7. The van der Waals surface area contributed by atoms with Crippen molar-refractivity contribution in [1.29, 1.82) is 0 Å². The molecule has 0 aromatic heterocycles. The molecular formula is C18H18O. The molecule has 0 N–H and O–H groups in total. The van der Waals surface area contributed by atoms with Gasteiger partial charge in [0.15, 0.2) is 0 Å². The molecule has 0 fully saturated rings. The third kappa shape index (κ3) is 2.06. The summed E-state index contributed by atoms with van der Waals surface area (Å²) in [5, 5.41) is 5.01. The van der Waals surface area contributed by atoms with Crippen LogP contribution in [0.25, 0.3) is 21.5 Å². The van der Waals surface area contributed by atoms with Gasteiger partial charge >= 0.3 is 0 Å². The molecule has 3 aromatic rings. The van der Waals surface area contributed by atoms with Gasteiger partial charge in [0.25, 0.3) is 0 Å². The molecule has 0 aliphatic heterocycles. The normalized spacial score (nSPS) is 11.1. The van der Waals surface area contributed by atoms with Crippen molar-refractivity contribution >= 4 is 21.5 Å².